The van der Waals surface area contributed by atoms with Gasteiger partial charge in [-0.3, -0.25) is 9.89 Å². The predicted molar refractivity (Wildman–Crippen MR) is 110 cm³/mol. The molecule has 0 fully saturated rings. The maximum Gasteiger partial charge on any atom is 0.273 e. The molecule has 8 heteroatoms. The molecule has 0 radical (unpaired) electrons. The third-order valence-corrected chi connectivity index (χ3v) is 5.51. The molecule has 0 aliphatic carbocycles. The fourth-order valence-corrected chi connectivity index (χ4v) is 4.13. The second-order valence-corrected chi connectivity index (χ2v) is 7.82. The van der Waals surface area contributed by atoms with Gasteiger partial charge in [-0.05, 0) is 35.9 Å². The number of nitrogens with zero attached hydrogens (tertiary/aromatic N) is 2. The summed E-state index contributed by atoms with van der Waals surface area (Å²) in [7, 11) is 1.60. The van der Waals surface area contributed by atoms with Gasteiger partial charge in [0.2, 0.25) is 0 Å². The Bertz CT molecular complexity index is 1050. The van der Waals surface area contributed by atoms with Crippen LogP contribution in [0.15, 0.2) is 46.9 Å². The second kappa shape index (κ2) is 7.58. The highest BCUT2D eigenvalue weighted by Crippen LogP contribution is 2.45. The first-order valence-corrected chi connectivity index (χ1v) is 9.81. The summed E-state index contributed by atoms with van der Waals surface area (Å²) in [5, 5.41) is 18.0. The van der Waals surface area contributed by atoms with Crippen LogP contribution < -0.4 is 0 Å². The lowest BCUT2D eigenvalue weighted by Crippen LogP contribution is -2.32. The van der Waals surface area contributed by atoms with Crippen LogP contribution in [0.5, 0.6) is 5.75 Å². The maximum atomic E-state index is 13.1. The van der Waals surface area contributed by atoms with Gasteiger partial charge in [-0.2, -0.15) is 5.10 Å². The van der Waals surface area contributed by atoms with Crippen LogP contribution in [-0.2, 0) is 4.74 Å². The molecule has 0 saturated heterocycles. The summed E-state index contributed by atoms with van der Waals surface area (Å²) in [5.74, 6) is -0.105. The van der Waals surface area contributed by atoms with Gasteiger partial charge in [-0.15, -0.1) is 0 Å². The summed E-state index contributed by atoms with van der Waals surface area (Å²) in [4.78, 5) is 14.8. The number of ether oxygens (including phenoxy) is 1. The van der Waals surface area contributed by atoms with Crippen LogP contribution in [0.1, 0.15) is 27.7 Å². The molecule has 28 heavy (non-hydrogen) atoms. The standard InChI is InChI=1S/C20H17BrClN3O3/c1-28-8-7-25-19(11-3-2-4-12(21)9-11)16-17(23-24-18(16)20(25)27)14-10-13(22)5-6-15(14)26/h2-6,9-10,19,26H,7-8H2,1H3,(H,23,24). The summed E-state index contributed by atoms with van der Waals surface area (Å²) in [6.07, 6.45) is 0. The molecular formula is C20H17BrClN3O3. The van der Waals surface area contributed by atoms with Crippen molar-refractivity contribution in [1.29, 1.82) is 0 Å². The first-order valence-electron chi connectivity index (χ1n) is 8.63. The zero-order valence-electron chi connectivity index (χ0n) is 14.9. The van der Waals surface area contributed by atoms with Crippen molar-refractivity contribution >= 4 is 33.4 Å². The molecule has 144 valence electrons. The van der Waals surface area contributed by atoms with Crippen molar-refractivity contribution in [2.75, 3.05) is 20.3 Å². The van der Waals surface area contributed by atoms with Crippen molar-refractivity contribution in [3.8, 4) is 17.0 Å². The molecule has 2 heterocycles. The van der Waals surface area contributed by atoms with Crippen LogP contribution in [0.2, 0.25) is 5.02 Å². The molecule has 1 aromatic heterocycles. The number of H-pyrrole nitrogens is 1. The van der Waals surface area contributed by atoms with Crippen molar-refractivity contribution in [3.05, 3.63) is 68.8 Å². The van der Waals surface area contributed by atoms with E-state index in [2.05, 4.69) is 26.1 Å². The number of nitrogens with one attached hydrogen (secondary N) is 1. The first kappa shape index (κ1) is 19.0. The SMILES string of the molecule is COCCN1C(=O)c2[nH]nc(-c3cc(Cl)ccc3O)c2C1c1cccc(Br)c1. The number of fused-ring (bicyclic) bond motifs is 1. The van der Waals surface area contributed by atoms with E-state index in [1.54, 1.807) is 24.1 Å². The molecule has 2 aromatic carbocycles. The molecule has 1 amide bonds. The molecule has 1 aliphatic heterocycles. The zero-order chi connectivity index (χ0) is 19.8. The number of phenolic OH excluding ortho intramolecular Hbond substituents is 1. The molecule has 1 atom stereocenters. The van der Waals surface area contributed by atoms with Crippen LogP contribution in [-0.4, -0.2) is 46.4 Å². The number of rotatable bonds is 5. The highest BCUT2D eigenvalue weighted by Gasteiger charge is 2.42. The molecule has 1 unspecified atom stereocenters. The number of amides is 1. The second-order valence-electron chi connectivity index (χ2n) is 6.47. The van der Waals surface area contributed by atoms with E-state index in [1.807, 2.05) is 24.3 Å². The number of aromatic amines is 1. The van der Waals surface area contributed by atoms with Gasteiger partial charge in [0.15, 0.2) is 0 Å². The number of halogens is 2. The van der Waals surface area contributed by atoms with Gasteiger partial charge in [0.1, 0.15) is 17.1 Å². The maximum absolute atomic E-state index is 13.1. The van der Waals surface area contributed by atoms with E-state index < -0.39 is 0 Å². The number of phenols is 1. The van der Waals surface area contributed by atoms with E-state index >= 15 is 0 Å². The van der Waals surface area contributed by atoms with Gasteiger partial charge in [0.05, 0.1) is 12.6 Å². The molecule has 1 aliphatic rings. The summed E-state index contributed by atoms with van der Waals surface area (Å²) in [6.45, 7) is 0.835. The van der Waals surface area contributed by atoms with Crippen molar-refractivity contribution in [1.82, 2.24) is 15.1 Å². The van der Waals surface area contributed by atoms with Crippen LogP contribution >= 0.6 is 27.5 Å². The Morgan fingerprint density at radius 2 is 2.14 bits per heavy atom. The average Bonchev–Trinajstić information content (AvgIpc) is 3.21. The third-order valence-electron chi connectivity index (χ3n) is 4.78. The monoisotopic (exact) mass is 461 g/mol. The molecule has 3 aromatic rings. The van der Waals surface area contributed by atoms with Crippen molar-refractivity contribution < 1.29 is 14.6 Å². The van der Waals surface area contributed by atoms with E-state index in [4.69, 9.17) is 16.3 Å². The smallest absolute Gasteiger partial charge is 0.273 e. The fraction of sp³-hybridized carbons (Fsp3) is 0.200. The number of benzene rings is 2. The minimum Gasteiger partial charge on any atom is -0.507 e. The van der Waals surface area contributed by atoms with Crippen LogP contribution in [0.4, 0.5) is 0 Å². The molecule has 0 spiro atoms. The highest BCUT2D eigenvalue weighted by molar-refractivity contribution is 9.10. The lowest BCUT2D eigenvalue weighted by Gasteiger charge is -2.26. The van der Waals surface area contributed by atoms with Crippen molar-refractivity contribution in [3.63, 3.8) is 0 Å². The fourth-order valence-electron chi connectivity index (χ4n) is 3.54. The molecule has 6 nitrogen and oxygen atoms in total. The molecule has 4 rings (SSSR count). The third kappa shape index (κ3) is 3.19. The Hall–Kier alpha value is -2.35. The molecular weight excluding hydrogens is 446 g/mol. The highest BCUT2D eigenvalue weighted by atomic mass is 79.9. The molecule has 0 bridgehead atoms. The molecule has 0 saturated carbocycles. The van der Waals surface area contributed by atoms with E-state index in [9.17, 15) is 9.90 Å². The van der Waals surface area contributed by atoms with Crippen LogP contribution in [0.25, 0.3) is 11.3 Å². The number of hydrogen-bond donors (Lipinski definition) is 2. The normalized spacial score (nSPS) is 15.9. The van der Waals surface area contributed by atoms with Gasteiger partial charge in [0, 0.05) is 34.3 Å². The van der Waals surface area contributed by atoms with Crippen LogP contribution in [0, 0.1) is 0 Å². The van der Waals surface area contributed by atoms with E-state index in [-0.39, 0.29) is 17.7 Å². The number of carbonyl (C=O) groups excluding carboxylic acids is 1. The number of methoxy groups -OCH3 is 1. The van der Waals surface area contributed by atoms with Gasteiger partial charge in [0.25, 0.3) is 5.91 Å². The number of aromatic hydroxyl groups is 1. The van der Waals surface area contributed by atoms with Gasteiger partial charge < -0.3 is 14.7 Å². The summed E-state index contributed by atoms with van der Waals surface area (Å²) >= 11 is 9.64. The topological polar surface area (TPSA) is 78.5 Å². The van der Waals surface area contributed by atoms with Gasteiger partial charge >= 0.3 is 0 Å². The van der Waals surface area contributed by atoms with E-state index in [1.165, 1.54) is 6.07 Å². The Kier molecular flexibility index (Phi) is 5.14. The Morgan fingerprint density at radius 1 is 1.32 bits per heavy atom. The summed E-state index contributed by atoms with van der Waals surface area (Å²) in [5.41, 5.74) is 3.05. The van der Waals surface area contributed by atoms with E-state index in [0.717, 1.165) is 15.6 Å². The number of carbonyl (C=O) groups is 1. The summed E-state index contributed by atoms with van der Waals surface area (Å²) in [6, 6.07) is 12.2. The number of hydrogen-bond acceptors (Lipinski definition) is 4. The Balaban J connectivity index is 1.91. The van der Waals surface area contributed by atoms with Crippen molar-refractivity contribution in [2.24, 2.45) is 0 Å². The largest absolute Gasteiger partial charge is 0.507 e. The Morgan fingerprint density at radius 3 is 2.89 bits per heavy atom. The quantitative estimate of drug-likeness (QED) is 0.589. The number of aromatic nitrogens is 2. The van der Waals surface area contributed by atoms with Gasteiger partial charge in [-0.25, -0.2) is 0 Å². The lowest BCUT2D eigenvalue weighted by atomic mass is 9.96. The minimum absolute atomic E-state index is 0.0504. The lowest BCUT2D eigenvalue weighted by molar-refractivity contribution is 0.0677. The summed E-state index contributed by atoms with van der Waals surface area (Å²) < 4.78 is 6.11. The minimum atomic E-state index is -0.359. The van der Waals surface area contributed by atoms with Gasteiger partial charge in [-0.1, -0.05) is 39.7 Å². The average molecular weight is 463 g/mol. The van der Waals surface area contributed by atoms with Crippen LogP contribution in [0.3, 0.4) is 0 Å². The predicted octanol–water partition coefficient (Wildman–Crippen LogP) is 4.39. The molecule has 2 N–H and O–H groups in total. The zero-order valence-corrected chi connectivity index (χ0v) is 17.3. The first-order chi connectivity index (χ1) is 13.5. The van der Waals surface area contributed by atoms with E-state index in [0.29, 0.717) is 35.1 Å². The van der Waals surface area contributed by atoms with Crippen molar-refractivity contribution in [2.45, 2.75) is 6.04 Å². The Labute approximate surface area is 175 Å².